The monoisotopic (exact) mass is 451 g/mol. The van der Waals surface area contributed by atoms with Crippen molar-refractivity contribution in [3.05, 3.63) is 30.6 Å². The summed E-state index contributed by atoms with van der Waals surface area (Å²) in [5.74, 6) is 0.480. The highest BCUT2D eigenvalue weighted by atomic mass is 16.3. The molecule has 1 aromatic carbocycles. The van der Waals surface area contributed by atoms with Crippen molar-refractivity contribution < 1.29 is 15.0 Å². The maximum absolute atomic E-state index is 12.3. The van der Waals surface area contributed by atoms with E-state index in [0.29, 0.717) is 42.1 Å². The highest BCUT2D eigenvalue weighted by molar-refractivity contribution is 5.99. The van der Waals surface area contributed by atoms with Gasteiger partial charge < -0.3 is 26.2 Å². The number of fused-ring (bicyclic) bond motifs is 2. The first-order valence-corrected chi connectivity index (χ1v) is 11.0. The Kier molecular flexibility index (Phi) is 6.19. The van der Waals surface area contributed by atoms with Gasteiger partial charge in [-0.2, -0.15) is 5.10 Å². The Morgan fingerprint density at radius 1 is 1.24 bits per heavy atom. The van der Waals surface area contributed by atoms with E-state index in [4.69, 9.17) is 15.9 Å². The largest absolute Gasteiger partial charge is 0.508 e. The summed E-state index contributed by atoms with van der Waals surface area (Å²) >= 11 is 0. The summed E-state index contributed by atoms with van der Waals surface area (Å²) < 4.78 is 1.81. The Morgan fingerprint density at radius 2 is 2.06 bits per heavy atom. The number of amides is 1. The van der Waals surface area contributed by atoms with Gasteiger partial charge in [-0.15, -0.1) is 0 Å². The van der Waals surface area contributed by atoms with Crippen molar-refractivity contribution in [2.75, 3.05) is 18.9 Å². The maximum Gasteiger partial charge on any atom is 0.225 e. The van der Waals surface area contributed by atoms with Gasteiger partial charge in [-0.3, -0.25) is 4.79 Å². The molecule has 174 valence electrons. The van der Waals surface area contributed by atoms with Gasteiger partial charge in [0, 0.05) is 36.0 Å². The van der Waals surface area contributed by atoms with Crippen LogP contribution in [0.5, 0.6) is 5.75 Å². The molecule has 0 aliphatic rings. The molecule has 1 amide bonds. The van der Waals surface area contributed by atoms with Crippen molar-refractivity contribution in [3.8, 4) is 17.1 Å². The summed E-state index contributed by atoms with van der Waals surface area (Å²) in [5, 5.41) is 28.1. The fourth-order valence-corrected chi connectivity index (χ4v) is 3.84. The van der Waals surface area contributed by atoms with Gasteiger partial charge in [0.15, 0.2) is 5.65 Å². The van der Waals surface area contributed by atoms with Crippen molar-refractivity contribution in [1.82, 2.24) is 30.0 Å². The molecule has 0 atom stereocenters. The summed E-state index contributed by atoms with van der Waals surface area (Å²) in [5.41, 5.74) is 8.52. The minimum atomic E-state index is -0.591. The van der Waals surface area contributed by atoms with Crippen LogP contribution in [-0.4, -0.2) is 54.0 Å². The molecule has 0 aliphatic heterocycles. The number of anilines is 1. The molecule has 4 aromatic rings. The predicted molar refractivity (Wildman–Crippen MR) is 126 cm³/mol. The fraction of sp³-hybridized carbons (Fsp3) is 0.391. The van der Waals surface area contributed by atoms with Crippen LogP contribution >= 0.6 is 0 Å². The third kappa shape index (κ3) is 4.61. The van der Waals surface area contributed by atoms with Gasteiger partial charge in [0.2, 0.25) is 5.91 Å². The average molecular weight is 452 g/mol. The van der Waals surface area contributed by atoms with Gasteiger partial charge in [-0.05, 0) is 43.5 Å². The van der Waals surface area contributed by atoms with Crippen molar-refractivity contribution >= 4 is 33.7 Å². The summed E-state index contributed by atoms with van der Waals surface area (Å²) in [7, 11) is 0. The van der Waals surface area contributed by atoms with Gasteiger partial charge >= 0.3 is 0 Å². The first kappa shape index (κ1) is 22.5. The number of hydrogen-bond donors (Lipinski definition) is 5. The third-order valence-corrected chi connectivity index (χ3v) is 5.85. The van der Waals surface area contributed by atoms with E-state index >= 15 is 0 Å². The lowest BCUT2D eigenvalue weighted by Crippen LogP contribution is -2.38. The molecular weight excluding hydrogens is 422 g/mol. The van der Waals surface area contributed by atoms with E-state index in [-0.39, 0.29) is 18.3 Å². The van der Waals surface area contributed by atoms with Crippen LogP contribution in [0.1, 0.15) is 33.1 Å². The number of aryl methyl sites for hydroxylation is 1. The number of nitrogen functional groups attached to an aromatic ring is 1. The number of rotatable bonds is 9. The number of unbranched alkanes of at least 4 members (excludes halogenated alkanes) is 1. The summed E-state index contributed by atoms with van der Waals surface area (Å²) in [4.78, 5) is 24.1. The standard InChI is InChI=1S/C23H29N7O3/c1-23(2,7-10-31)22(33)25-8-3-4-9-30-21-18(20(24)26-13-27-21)19(29-30)17-12-14-11-15(32)5-6-16(14)28-17/h5-6,11-13,28,31-32H,3-4,7-10H2,1-2H3,(H,25,33)(H2,24,26,27). The highest BCUT2D eigenvalue weighted by Gasteiger charge is 2.26. The first-order valence-electron chi connectivity index (χ1n) is 11.0. The Hall–Kier alpha value is -3.66. The molecule has 0 radical (unpaired) electrons. The zero-order valence-corrected chi connectivity index (χ0v) is 18.8. The number of aromatic hydroxyl groups is 1. The van der Waals surface area contributed by atoms with Crippen molar-refractivity contribution in [2.24, 2.45) is 5.41 Å². The molecule has 0 saturated heterocycles. The second kappa shape index (κ2) is 9.07. The van der Waals surface area contributed by atoms with E-state index < -0.39 is 5.41 Å². The molecule has 0 aliphatic carbocycles. The molecule has 6 N–H and O–H groups in total. The lowest BCUT2D eigenvalue weighted by atomic mass is 9.88. The second-order valence-electron chi connectivity index (χ2n) is 8.80. The second-order valence-corrected chi connectivity index (χ2v) is 8.80. The number of benzene rings is 1. The Morgan fingerprint density at radius 3 is 2.85 bits per heavy atom. The quantitative estimate of drug-likeness (QED) is 0.245. The number of nitrogens with two attached hydrogens (primary N) is 1. The number of carbonyl (C=O) groups excluding carboxylic acids is 1. The Balaban J connectivity index is 1.50. The molecule has 3 heterocycles. The van der Waals surface area contributed by atoms with Crippen LogP contribution < -0.4 is 11.1 Å². The third-order valence-electron chi connectivity index (χ3n) is 5.85. The van der Waals surface area contributed by atoms with Gasteiger partial charge in [0.25, 0.3) is 0 Å². The number of carbonyl (C=O) groups is 1. The van der Waals surface area contributed by atoms with E-state index in [0.717, 1.165) is 29.4 Å². The number of H-pyrrole nitrogens is 1. The molecule has 0 fully saturated rings. The van der Waals surface area contributed by atoms with E-state index in [1.54, 1.807) is 12.1 Å². The lowest BCUT2D eigenvalue weighted by molar-refractivity contribution is -0.130. The summed E-state index contributed by atoms with van der Waals surface area (Å²) in [6.45, 7) is 4.78. The molecule has 4 rings (SSSR count). The van der Waals surface area contributed by atoms with Crippen LogP contribution in [0.4, 0.5) is 5.82 Å². The maximum atomic E-state index is 12.3. The first-order chi connectivity index (χ1) is 15.8. The van der Waals surface area contributed by atoms with Crippen LogP contribution in [-0.2, 0) is 11.3 Å². The van der Waals surface area contributed by atoms with E-state index in [9.17, 15) is 9.90 Å². The van der Waals surface area contributed by atoms with Gasteiger partial charge in [-0.1, -0.05) is 13.8 Å². The number of nitrogens with one attached hydrogen (secondary N) is 2. The zero-order valence-electron chi connectivity index (χ0n) is 18.8. The highest BCUT2D eigenvalue weighted by Crippen LogP contribution is 2.32. The normalized spacial score (nSPS) is 12.0. The number of aromatic amines is 1. The van der Waals surface area contributed by atoms with Crippen LogP contribution in [0.15, 0.2) is 30.6 Å². The van der Waals surface area contributed by atoms with Crippen LogP contribution in [0.25, 0.3) is 33.3 Å². The minimum Gasteiger partial charge on any atom is -0.508 e. The van der Waals surface area contributed by atoms with E-state index in [1.807, 2.05) is 30.7 Å². The molecule has 3 aromatic heterocycles. The fourth-order valence-electron chi connectivity index (χ4n) is 3.84. The Bertz CT molecular complexity index is 1290. The number of aromatic nitrogens is 5. The van der Waals surface area contributed by atoms with Gasteiger partial charge in [0.05, 0.1) is 11.1 Å². The molecule has 33 heavy (non-hydrogen) atoms. The van der Waals surface area contributed by atoms with Crippen LogP contribution in [0.3, 0.4) is 0 Å². The smallest absolute Gasteiger partial charge is 0.225 e. The average Bonchev–Trinajstić information content (AvgIpc) is 3.35. The number of aliphatic hydroxyl groups excluding tert-OH is 1. The van der Waals surface area contributed by atoms with Gasteiger partial charge in [-0.25, -0.2) is 14.6 Å². The summed E-state index contributed by atoms with van der Waals surface area (Å²) in [6.07, 6.45) is 3.40. The van der Waals surface area contributed by atoms with Crippen molar-refractivity contribution in [3.63, 3.8) is 0 Å². The molecule has 0 saturated carbocycles. The molecule has 10 nitrogen and oxygen atoms in total. The summed E-state index contributed by atoms with van der Waals surface area (Å²) in [6, 6.07) is 7.03. The topological polar surface area (TPSA) is 155 Å². The molecule has 0 bridgehead atoms. The number of nitrogens with zero attached hydrogens (tertiary/aromatic N) is 4. The molecule has 10 heteroatoms. The van der Waals surface area contributed by atoms with E-state index in [2.05, 4.69) is 20.3 Å². The zero-order chi connectivity index (χ0) is 23.6. The number of phenols is 1. The number of phenolic OH excluding ortho intramolecular Hbond substituents is 1. The predicted octanol–water partition coefficient (Wildman–Crippen LogP) is 2.57. The Labute approximate surface area is 190 Å². The van der Waals surface area contributed by atoms with Crippen molar-refractivity contribution in [1.29, 1.82) is 0 Å². The van der Waals surface area contributed by atoms with Crippen molar-refractivity contribution in [2.45, 2.75) is 39.7 Å². The minimum absolute atomic E-state index is 0.0162. The number of aliphatic hydroxyl groups is 1. The lowest BCUT2D eigenvalue weighted by Gasteiger charge is -2.22. The molecular formula is C23H29N7O3. The van der Waals surface area contributed by atoms with Crippen LogP contribution in [0, 0.1) is 5.41 Å². The van der Waals surface area contributed by atoms with E-state index in [1.165, 1.54) is 6.33 Å². The van der Waals surface area contributed by atoms with Crippen LogP contribution in [0.2, 0.25) is 0 Å². The number of hydrogen-bond acceptors (Lipinski definition) is 7. The SMILES string of the molecule is CC(C)(CCO)C(=O)NCCCCn1nc(-c2cc3cc(O)ccc3[nH]2)c2c(N)ncnc21. The molecule has 0 spiro atoms. The van der Waals surface area contributed by atoms with Gasteiger partial charge in [0.1, 0.15) is 23.6 Å². The molecule has 0 unspecified atom stereocenters.